The van der Waals surface area contributed by atoms with Crippen molar-refractivity contribution in [3.05, 3.63) is 133 Å². The van der Waals surface area contributed by atoms with E-state index in [1.165, 1.54) is 21.5 Å². The molecule has 0 saturated heterocycles. The molecule has 0 spiro atoms. The van der Waals surface area contributed by atoms with Crippen LogP contribution in [0.15, 0.2) is 127 Å². The zero-order valence-electron chi connectivity index (χ0n) is 22.3. The van der Waals surface area contributed by atoms with Crippen LogP contribution < -0.4 is 4.90 Å². The summed E-state index contributed by atoms with van der Waals surface area (Å²) in [6.45, 7) is 3.44. The molecule has 0 bridgehead atoms. The van der Waals surface area contributed by atoms with Crippen LogP contribution in [0, 0.1) is 0 Å². The minimum atomic E-state index is -0.0202. The minimum absolute atomic E-state index is 0.0202. The average molecular weight is 508 g/mol. The molecule has 0 amide bonds. The number of benzene rings is 6. The molecule has 39 heavy (non-hydrogen) atoms. The Labute approximate surface area is 228 Å². The Kier molecular flexibility index (Phi) is 6.34. The van der Waals surface area contributed by atoms with E-state index in [0.29, 0.717) is 11.3 Å². The summed E-state index contributed by atoms with van der Waals surface area (Å²) in [5.74, 6) is 0.592. The van der Waals surface area contributed by atoms with Crippen molar-refractivity contribution in [2.75, 3.05) is 12.0 Å². The Morgan fingerprint density at radius 1 is 0.590 bits per heavy atom. The number of hydrogen-bond donors (Lipinski definition) is 0. The molecule has 0 unspecified atom stereocenters. The number of Topliss-reactive ketones (excluding diaryl/α,β-unsaturated/α-hetero) is 1. The highest BCUT2D eigenvalue weighted by Crippen LogP contribution is 2.42. The van der Waals surface area contributed by atoms with E-state index in [0.717, 1.165) is 33.4 Å². The van der Waals surface area contributed by atoms with Gasteiger partial charge in [-0.15, -0.1) is 0 Å². The number of carbonyl (C=O) groups excluding carboxylic acids is 1. The first-order valence-corrected chi connectivity index (χ1v) is 13.1. The largest absolute Gasteiger partial charge is 0.501 e. The highest BCUT2D eigenvalue weighted by atomic mass is 16.5. The molecule has 0 radical (unpaired) electrons. The van der Waals surface area contributed by atoms with E-state index in [4.69, 9.17) is 4.74 Å². The average Bonchev–Trinajstić information content (AvgIpc) is 2.98. The van der Waals surface area contributed by atoms with Crippen LogP contribution in [0.5, 0.6) is 0 Å². The van der Waals surface area contributed by atoms with Crippen molar-refractivity contribution in [3.8, 4) is 0 Å². The number of allylic oxidation sites excluding steroid dienone is 2. The van der Waals surface area contributed by atoms with Crippen LogP contribution in [0.1, 0.15) is 19.4 Å². The monoisotopic (exact) mass is 507 g/mol. The molecule has 0 heterocycles. The fraction of sp³-hybridized carbons (Fsp3) is 0.0833. The molecule has 6 rings (SSSR count). The fourth-order valence-corrected chi connectivity index (χ4v) is 5.48. The predicted molar refractivity (Wildman–Crippen MR) is 164 cm³/mol. The normalized spacial score (nSPS) is 12.0. The van der Waals surface area contributed by atoms with Crippen molar-refractivity contribution in [1.29, 1.82) is 0 Å². The smallest absolute Gasteiger partial charge is 0.163 e. The number of methoxy groups -OCH3 is 1. The van der Waals surface area contributed by atoms with Crippen molar-refractivity contribution in [3.63, 3.8) is 0 Å². The summed E-state index contributed by atoms with van der Waals surface area (Å²) in [6, 6.07) is 42.5. The van der Waals surface area contributed by atoms with Crippen molar-refractivity contribution in [2.45, 2.75) is 13.8 Å². The lowest BCUT2D eigenvalue weighted by Gasteiger charge is -2.28. The first kappa shape index (κ1) is 24.4. The zero-order chi connectivity index (χ0) is 26.9. The van der Waals surface area contributed by atoms with E-state index in [-0.39, 0.29) is 5.78 Å². The van der Waals surface area contributed by atoms with E-state index < -0.39 is 0 Å². The third-order valence-corrected chi connectivity index (χ3v) is 7.40. The first-order chi connectivity index (χ1) is 19.0. The van der Waals surface area contributed by atoms with Crippen LogP contribution in [-0.4, -0.2) is 12.9 Å². The molecule has 0 saturated carbocycles. The number of hydrogen-bond acceptors (Lipinski definition) is 3. The van der Waals surface area contributed by atoms with E-state index in [1.54, 1.807) is 14.0 Å². The van der Waals surface area contributed by atoms with Crippen LogP contribution in [0.25, 0.3) is 37.9 Å². The van der Waals surface area contributed by atoms with Gasteiger partial charge in [-0.05, 0) is 76.7 Å². The van der Waals surface area contributed by atoms with E-state index in [9.17, 15) is 4.79 Å². The highest BCUT2D eigenvalue weighted by Gasteiger charge is 2.21. The number of rotatable bonds is 6. The summed E-state index contributed by atoms with van der Waals surface area (Å²) in [5, 5.41) is 6.82. The maximum Gasteiger partial charge on any atom is 0.163 e. The van der Waals surface area contributed by atoms with Crippen molar-refractivity contribution >= 4 is 60.7 Å². The van der Waals surface area contributed by atoms with Crippen LogP contribution in [0.3, 0.4) is 0 Å². The van der Waals surface area contributed by atoms with Gasteiger partial charge in [0.15, 0.2) is 5.78 Å². The fourth-order valence-electron chi connectivity index (χ4n) is 5.48. The Morgan fingerprint density at radius 3 is 1.64 bits per heavy atom. The van der Waals surface area contributed by atoms with Gasteiger partial charge in [-0.1, -0.05) is 91.0 Å². The van der Waals surface area contributed by atoms with Gasteiger partial charge in [0.1, 0.15) is 5.76 Å². The summed E-state index contributed by atoms with van der Waals surface area (Å²) in [6.07, 6.45) is 0. The quantitative estimate of drug-likeness (QED) is 0.166. The molecule has 3 nitrogen and oxygen atoms in total. The number of nitrogens with zero attached hydrogens (tertiary/aromatic N) is 1. The van der Waals surface area contributed by atoms with Crippen LogP contribution >= 0.6 is 0 Å². The molecule has 0 aliphatic carbocycles. The van der Waals surface area contributed by atoms with E-state index >= 15 is 0 Å². The van der Waals surface area contributed by atoms with Crippen molar-refractivity contribution in [1.82, 2.24) is 0 Å². The molecule has 0 aromatic heterocycles. The number of carbonyl (C=O) groups is 1. The minimum Gasteiger partial charge on any atom is -0.501 e. The molecule has 0 atom stereocenters. The number of fused-ring (bicyclic) bond motifs is 3. The first-order valence-electron chi connectivity index (χ1n) is 13.1. The summed E-state index contributed by atoms with van der Waals surface area (Å²) < 4.78 is 5.52. The summed E-state index contributed by atoms with van der Waals surface area (Å²) in [5.41, 5.74) is 4.65. The Balaban J connectivity index is 1.64. The Bertz CT molecular complexity index is 1820. The molecular formula is C36H29NO2. The standard InChI is InChI=1S/C36H29NO2/c1-24(38)36(25(2)39-3)34-20-21-35(33-15-9-8-14-32(33)34)37(30-18-16-26-10-4-6-12-28(26)22-30)31-19-17-27-11-5-7-13-29(27)23-31/h4-23H,1-3H3/b36-25+. The molecule has 0 N–H and O–H groups in total. The SMILES string of the molecule is CO/C(C)=C(\C(C)=O)c1ccc(N(c2ccc3ccccc3c2)c2ccc3ccccc3c2)c2ccccc12. The third-order valence-electron chi connectivity index (χ3n) is 7.40. The third kappa shape index (κ3) is 4.42. The number of ketones is 1. The Morgan fingerprint density at radius 2 is 1.10 bits per heavy atom. The van der Waals surface area contributed by atoms with Gasteiger partial charge in [0, 0.05) is 16.8 Å². The molecule has 0 aliphatic heterocycles. The lowest BCUT2D eigenvalue weighted by Crippen LogP contribution is -2.11. The van der Waals surface area contributed by atoms with Gasteiger partial charge in [-0.2, -0.15) is 0 Å². The second-order valence-corrected chi connectivity index (χ2v) is 9.77. The molecule has 6 aromatic rings. The lowest BCUT2D eigenvalue weighted by molar-refractivity contribution is -0.111. The van der Waals surface area contributed by atoms with Gasteiger partial charge < -0.3 is 9.64 Å². The van der Waals surface area contributed by atoms with Gasteiger partial charge >= 0.3 is 0 Å². The van der Waals surface area contributed by atoms with E-state index in [1.807, 2.05) is 19.1 Å². The topological polar surface area (TPSA) is 29.5 Å². The van der Waals surface area contributed by atoms with Gasteiger partial charge in [0.25, 0.3) is 0 Å². The summed E-state index contributed by atoms with van der Waals surface area (Å²) in [4.78, 5) is 15.1. The maximum atomic E-state index is 12.8. The number of ether oxygens (including phenoxy) is 1. The van der Waals surface area contributed by atoms with Gasteiger partial charge in [0.05, 0.1) is 18.4 Å². The predicted octanol–water partition coefficient (Wildman–Crippen LogP) is 9.58. The molecule has 6 aromatic carbocycles. The maximum absolute atomic E-state index is 12.8. The van der Waals surface area contributed by atoms with Crippen LogP contribution in [0.4, 0.5) is 17.1 Å². The molecular weight excluding hydrogens is 478 g/mol. The summed E-state index contributed by atoms with van der Waals surface area (Å²) >= 11 is 0. The van der Waals surface area contributed by atoms with Crippen molar-refractivity contribution < 1.29 is 9.53 Å². The zero-order valence-corrected chi connectivity index (χ0v) is 22.3. The van der Waals surface area contributed by atoms with Gasteiger partial charge in [0.2, 0.25) is 0 Å². The molecule has 3 heteroatoms. The van der Waals surface area contributed by atoms with Crippen molar-refractivity contribution in [2.24, 2.45) is 0 Å². The van der Waals surface area contributed by atoms with Gasteiger partial charge in [-0.3, -0.25) is 4.79 Å². The molecule has 190 valence electrons. The number of anilines is 3. The van der Waals surface area contributed by atoms with Crippen LogP contribution in [0.2, 0.25) is 0 Å². The van der Waals surface area contributed by atoms with E-state index in [2.05, 4.69) is 114 Å². The van der Waals surface area contributed by atoms with Crippen LogP contribution in [-0.2, 0) is 9.53 Å². The molecule has 0 fully saturated rings. The Hall–Kier alpha value is -4.89. The second kappa shape index (κ2) is 10.1. The van der Waals surface area contributed by atoms with Gasteiger partial charge in [-0.25, -0.2) is 0 Å². The second-order valence-electron chi connectivity index (χ2n) is 9.77. The molecule has 0 aliphatic rings. The summed E-state index contributed by atoms with van der Waals surface area (Å²) in [7, 11) is 1.61. The lowest BCUT2D eigenvalue weighted by atomic mass is 9.93. The highest BCUT2D eigenvalue weighted by molar-refractivity contribution is 6.24.